The highest BCUT2D eigenvalue weighted by Crippen LogP contribution is 2.29. The van der Waals surface area contributed by atoms with E-state index in [4.69, 9.17) is 5.73 Å². The van der Waals surface area contributed by atoms with Gasteiger partial charge in [0.25, 0.3) is 0 Å². The van der Waals surface area contributed by atoms with Crippen LogP contribution in [-0.2, 0) is 17.6 Å². The van der Waals surface area contributed by atoms with E-state index in [0.29, 0.717) is 12.4 Å². The minimum absolute atomic E-state index is 0.223. The second kappa shape index (κ2) is 8.79. The first-order chi connectivity index (χ1) is 16.0. The van der Waals surface area contributed by atoms with Gasteiger partial charge in [0.2, 0.25) is 0 Å². The smallest absolute Gasteiger partial charge is 0.307 e. The minimum atomic E-state index is -0.685. The first kappa shape index (κ1) is 21.3. The lowest BCUT2D eigenvalue weighted by Crippen LogP contribution is -2.26. The van der Waals surface area contributed by atoms with Gasteiger partial charge in [-0.2, -0.15) is 0 Å². The number of anilines is 1. The van der Waals surface area contributed by atoms with E-state index in [1.165, 1.54) is 16.7 Å². The third kappa shape index (κ3) is 4.26. The van der Waals surface area contributed by atoms with Crippen LogP contribution in [-0.4, -0.2) is 39.0 Å². The Labute approximate surface area is 193 Å². The molecule has 5 rings (SSSR count). The maximum atomic E-state index is 11.3. The summed E-state index contributed by atoms with van der Waals surface area (Å²) in [4.78, 5) is 22.6. The molecular formula is C27H28N4O2. The molecule has 0 aliphatic carbocycles. The quantitative estimate of drug-likeness (QED) is 0.425. The molecule has 2 atom stereocenters. The lowest BCUT2D eigenvalue weighted by atomic mass is 10.00. The summed E-state index contributed by atoms with van der Waals surface area (Å²) in [6, 6.07) is 19.1. The van der Waals surface area contributed by atoms with Crippen LogP contribution in [0.1, 0.15) is 36.1 Å². The number of carboxylic acids is 1. The molecule has 2 aromatic heterocycles. The Bertz CT molecular complexity index is 1320. The van der Waals surface area contributed by atoms with Crippen molar-refractivity contribution in [2.24, 2.45) is 5.92 Å². The Kier molecular flexibility index (Phi) is 5.68. The summed E-state index contributed by atoms with van der Waals surface area (Å²) >= 11 is 0. The number of para-hydroxylation sites is 1. The molecule has 3 heterocycles. The van der Waals surface area contributed by atoms with Gasteiger partial charge in [0.1, 0.15) is 5.52 Å². The summed E-state index contributed by atoms with van der Waals surface area (Å²) in [6.45, 7) is 3.62. The number of hydrogen-bond acceptors (Lipinski definition) is 5. The van der Waals surface area contributed by atoms with Crippen molar-refractivity contribution in [3.8, 4) is 0 Å². The zero-order valence-electron chi connectivity index (χ0n) is 18.7. The highest BCUT2D eigenvalue weighted by atomic mass is 16.4. The first-order valence-electron chi connectivity index (χ1n) is 11.5. The van der Waals surface area contributed by atoms with Gasteiger partial charge in [-0.15, -0.1) is 0 Å². The summed E-state index contributed by atoms with van der Waals surface area (Å²) in [5, 5.41) is 11.4. The van der Waals surface area contributed by atoms with Crippen LogP contribution in [0.4, 0.5) is 5.82 Å². The van der Waals surface area contributed by atoms with Crippen LogP contribution in [0.3, 0.4) is 0 Å². The Morgan fingerprint density at radius 1 is 1.12 bits per heavy atom. The molecule has 1 fully saturated rings. The largest absolute Gasteiger partial charge is 0.481 e. The van der Waals surface area contributed by atoms with E-state index >= 15 is 0 Å². The van der Waals surface area contributed by atoms with E-state index in [-0.39, 0.29) is 12.0 Å². The molecule has 0 spiro atoms. The number of aromatic nitrogens is 2. The Morgan fingerprint density at radius 2 is 1.88 bits per heavy atom. The number of nitrogen functional groups attached to an aromatic ring is 1. The third-order valence-electron chi connectivity index (χ3n) is 6.90. The van der Waals surface area contributed by atoms with E-state index in [9.17, 15) is 9.90 Å². The van der Waals surface area contributed by atoms with Crippen molar-refractivity contribution >= 4 is 33.6 Å². The second-order valence-corrected chi connectivity index (χ2v) is 8.99. The van der Waals surface area contributed by atoms with Crippen LogP contribution in [0.5, 0.6) is 0 Å². The Balaban J connectivity index is 1.29. The lowest BCUT2D eigenvalue weighted by molar-refractivity contribution is -0.141. The van der Waals surface area contributed by atoms with E-state index in [1.807, 2.05) is 24.4 Å². The fourth-order valence-electron chi connectivity index (χ4n) is 4.84. The highest BCUT2D eigenvalue weighted by Gasteiger charge is 2.30. The fourth-order valence-corrected chi connectivity index (χ4v) is 4.84. The van der Waals surface area contributed by atoms with Crippen molar-refractivity contribution < 1.29 is 9.90 Å². The second-order valence-electron chi connectivity index (χ2n) is 8.99. The molecule has 0 radical (unpaired) electrons. The van der Waals surface area contributed by atoms with Gasteiger partial charge in [0.15, 0.2) is 5.82 Å². The number of pyridine rings is 2. The molecule has 1 aliphatic rings. The van der Waals surface area contributed by atoms with E-state index in [1.54, 1.807) is 0 Å². The number of nitrogens with two attached hydrogens (primary N) is 1. The Hall–Kier alpha value is -3.51. The summed E-state index contributed by atoms with van der Waals surface area (Å²) in [7, 11) is 0. The van der Waals surface area contributed by atoms with Crippen LogP contribution in [0.2, 0.25) is 0 Å². The molecule has 1 aliphatic heterocycles. The number of aliphatic carboxylic acids is 1. The van der Waals surface area contributed by atoms with Crippen molar-refractivity contribution in [3.63, 3.8) is 0 Å². The van der Waals surface area contributed by atoms with E-state index in [0.717, 1.165) is 47.6 Å². The molecule has 1 saturated heterocycles. The normalized spacial score (nSPS) is 17.5. The molecule has 0 bridgehead atoms. The molecule has 4 aromatic rings. The number of aryl methyl sites for hydroxylation is 2. The van der Waals surface area contributed by atoms with Gasteiger partial charge in [-0.3, -0.25) is 14.7 Å². The number of fused-ring (bicyclic) bond motifs is 3. The molecule has 3 N–H and O–H groups in total. The SMILES string of the molecule is CC(c1ccc(CCc2cnc3c(N)nc4ccccc4c3c2)cc1)N1CCC(C(=O)O)C1. The van der Waals surface area contributed by atoms with Crippen molar-refractivity contribution in [3.05, 3.63) is 77.5 Å². The van der Waals surface area contributed by atoms with Crippen molar-refractivity contribution in [1.29, 1.82) is 0 Å². The molecule has 6 heteroatoms. The van der Waals surface area contributed by atoms with Crippen LogP contribution < -0.4 is 5.73 Å². The van der Waals surface area contributed by atoms with E-state index in [2.05, 4.69) is 58.2 Å². The summed E-state index contributed by atoms with van der Waals surface area (Å²) in [5.74, 6) is -0.464. The van der Waals surface area contributed by atoms with Crippen LogP contribution >= 0.6 is 0 Å². The standard InChI is InChI=1S/C27H28N4O2/c1-17(31-13-12-21(16-31)27(32)33)20-10-8-18(9-11-20)6-7-19-14-23-22-4-2-3-5-24(22)30-26(28)25(23)29-15-19/h2-5,8-11,14-15,17,21H,6-7,12-13,16H2,1H3,(H2,28,30)(H,32,33). The predicted octanol–water partition coefficient (Wildman–Crippen LogP) is 4.62. The van der Waals surface area contributed by atoms with Crippen LogP contribution in [0.15, 0.2) is 60.8 Å². The van der Waals surface area contributed by atoms with Crippen molar-refractivity contribution in [1.82, 2.24) is 14.9 Å². The van der Waals surface area contributed by atoms with Gasteiger partial charge in [0, 0.05) is 29.6 Å². The van der Waals surface area contributed by atoms with Gasteiger partial charge in [-0.25, -0.2) is 4.98 Å². The maximum Gasteiger partial charge on any atom is 0.307 e. The minimum Gasteiger partial charge on any atom is -0.481 e. The van der Waals surface area contributed by atoms with Gasteiger partial charge >= 0.3 is 5.97 Å². The first-order valence-corrected chi connectivity index (χ1v) is 11.5. The predicted molar refractivity (Wildman–Crippen MR) is 131 cm³/mol. The molecule has 2 aromatic carbocycles. The maximum absolute atomic E-state index is 11.3. The summed E-state index contributed by atoms with van der Waals surface area (Å²) in [6.07, 6.45) is 4.44. The Morgan fingerprint density at radius 3 is 2.64 bits per heavy atom. The molecule has 2 unspecified atom stereocenters. The topological polar surface area (TPSA) is 92.3 Å². The zero-order valence-corrected chi connectivity index (χ0v) is 18.7. The third-order valence-corrected chi connectivity index (χ3v) is 6.90. The van der Waals surface area contributed by atoms with Gasteiger partial charge in [-0.05, 0) is 61.6 Å². The average Bonchev–Trinajstić information content (AvgIpc) is 3.33. The lowest BCUT2D eigenvalue weighted by Gasteiger charge is -2.24. The van der Waals surface area contributed by atoms with Crippen molar-refractivity contribution in [2.75, 3.05) is 18.8 Å². The number of nitrogens with zero attached hydrogens (tertiary/aromatic N) is 3. The molecule has 0 saturated carbocycles. The summed E-state index contributed by atoms with van der Waals surface area (Å²) in [5.41, 5.74) is 11.5. The van der Waals surface area contributed by atoms with Crippen LogP contribution in [0.25, 0.3) is 21.8 Å². The number of carbonyl (C=O) groups is 1. The van der Waals surface area contributed by atoms with Gasteiger partial charge < -0.3 is 10.8 Å². The number of rotatable bonds is 6. The zero-order chi connectivity index (χ0) is 22.9. The molecule has 168 valence electrons. The molecule has 6 nitrogen and oxygen atoms in total. The fraction of sp³-hybridized carbons (Fsp3) is 0.296. The van der Waals surface area contributed by atoms with Gasteiger partial charge in [-0.1, -0.05) is 42.5 Å². The van der Waals surface area contributed by atoms with Gasteiger partial charge in [0.05, 0.1) is 11.4 Å². The molecular weight excluding hydrogens is 412 g/mol. The number of carboxylic acid groups (broad SMARTS) is 1. The highest BCUT2D eigenvalue weighted by molar-refractivity contribution is 6.08. The van der Waals surface area contributed by atoms with Crippen molar-refractivity contribution in [2.45, 2.75) is 32.2 Å². The number of hydrogen-bond donors (Lipinski definition) is 2. The molecule has 33 heavy (non-hydrogen) atoms. The van der Waals surface area contributed by atoms with E-state index < -0.39 is 5.97 Å². The molecule has 0 amide bonds. The summed E-state index contributed by atoms with van der Waals surface area (Å²) < 4.78 is 0. The number of likely N-dealkylation sites (tertiary alicyclic amines) is 1. The number of benzene rings is 2. The average molecular weight is 441 g/mol. The monoisotopic (exact) mass is 440 g/mol. The van der Waals surface area contributed by atoms with Crippen LogP contribution in [0, 0.1) is 5.92 Å².